The van der Waals surface area contributed by atoms with Gasteiger partial charge in [-0.1, -0.05) is 11.3 Å². The van der Waals surface area contributed by atoms with E-state index in [9.17, 15) is 28.4 Å². The minimum Gasteiger partial charge on any atom is -0.388 e. The molecule has 1 saturated carbocycles. The van der Waals surface area contributed by atoms with Crippen LogP contribution in [-0.2, 0) is 0 Å². The molecule has 0 aliphatic heterocycles. The molecule has 0 amide bonds. The highest BCUT2D eigenvalue weighted by molar-refractivity contribution is 7.15. The van der Waals surface area contributed by atoms with Crippen LogP contribution in [0.25, 0.3) is 4.96 Å². The van der Waals surface area contributed by atoms with E-state index in [4.69, 9.17) is 0 Å². The molecule has 2 N–H and O–H groups in total. The van der Waals surface area contributed by atoms with Crippen LogP contribution in [0.3, 0.4) is 0 Å². The Kier molecular flexibility index (Phi) is 4.16. The molecular weight excluding hydrogens is 349 g/mol. The Labute approximate surface area is 138 Å². The number of rotatable bonds is 4. The molecule has 1 aliphatic carbocycles. The Morgan fingerprint density at radius 3 is 3.00 bits per heavy atom. The van der Waals surface area contributed by atoms with Crippen LogP contribution in [0.15, 0.2) is 11.6 Å². The van der Waals surface area contributed by atoms with E-state index >= 15 is 0 Å². The van der Waals surface area contributed by atoms with E-state index in [1.165, 1.54) is 21.9 Å². The lowest BCUT2D eigenvalue weighted by atomic mass is 9.77. The van der Waals surface area contributed by atoms with Gasteiger partial charge in [0.1, 0.15) is 6.20 Å². The van der Waals surface area contributed by atoms with Gasteiger partial charge < -0.3 is 20.5 Å². The lowest BCUT2D eigenvalue weighted by Gasteiger charge is -2.37. The highest BCUT2D eigenvalue weighted by Gasteiger charge is 2.47. The van der Waals surface area contributed by atoms with Crippen LogP contribution in [0.1, 0.15) is 25.7 Å². The number of halogens is 3. The van der Waals surface area contributed by atoms with Crippen LogP contribution in [0.4, 0.5) is 24.8 Å². The molecule has 132 valence electrons. The Morgan fingerprint density at radius 1 is 1.58 bits per heavy atom. The second kappa shape index (κ2) is 5.88. The fraction of sp³-hybridized carbons (Fsp3) is 0.615. The predicted octanol–water partition coefficient (Wildman–Crippen LogP) is 3.20. The summed E-state index contributed by atoms with van der Waals surface area (Å²) >= 11 is 1.20. The zero-order chi connectivity index (χ0) is 17.5. The zero-order valence-electron chi connectivity index (χ0n) is 12.4. The molecule has 2 aromatic rings. The Bertz CT molecular complexity index is 759. The van der Waals surface area contributed by atoms with Crippen molar-refractivity contribution < 1.29 is 23.2 Å². The second-order valence-corrected chi connectivity index (χ2v) is 6.88. The van der Waals surface area contributed by atoms with Crippen molar-refractivity contribution in [2.45, 2.75) is 37.5 Å². The van der Waals surface area contributed by atoms with E-state index in [0.29, 0.717) is 4.96 Å². The lowest BCUT2D eigenvalue weighted by molar-refractivity contribution is -0.389. The summed E-state index contributed by atoms with van der Waals surface area (Å²) in [6.07, 6.45) is -2.82. The molecule has 0 radical (unpaired) electrons. The maximum absolute atomic E-state index is 12.9. The van der Waals surface area contributed by atoms with Gasteiger partial charge in [-0.3, -0.25) is 0 Å². The van der Waals surface area contributed by atoms with E-state index in [-0.39, 0.29) is 37.4 Å². The smallest absolute Gasteiger partial charge is 0.388 e. The third-order valence-electron chi connectivity index (χ3n) is 4.28. The molecule has 1 fully saturated rings. The number of nitrogens with one attached hydrogen (secondary N) is 1. The average Bonchev–Trinajstić information content (AvgIpc) is 3.04. The summed E-state index contributed by atoms with van der Waals surface area (Å²) in [5.41, 5.74) is -1.57. The SMILES string of the molecule is O=[N+]([O-])c1c(NCC2(O)CCCC(C(F)(F)F)C2)nc2sccn12. The summed E-state index contributed by atoms with van der Waals surface area (Å²) in [6, 6.07) is 0. The van der Waals surface area contributed by atoms with Gasteiger partial charge in [-0.05, 0) is 30.6 Å². The summed E-state index contributed by atoms with van der Waals surface area (Å²) in [5.74, 6) is -1.90. The first-order valence-electron chi connectivity index (χ1n) is 7.32. The van der Waals surface area contributed by atoms with Crippen LogP contribution in [-0.4, -0.2) is 37.7 Å². The Balaban J connectivity index is 1.76. The van der Waals surface area contributed by atoms with Crippen LogP contribution in [0, 0.1) is 16.0 Å². The fourth-order valence-corrected chi connectivity index (χ4v) is 3.80. The molecular formula is C13H15F3N4O3S. The maximum Gasteiger partial charge on any atom is 0.391 e. The molecule has 1 aliphatic rings. The van der Waals surface area contributed by atoms with Gasteiger partial charge in [-0.15, -0.1) is 0 Å². The molecule has 3 rings (SSSR count). The molecule has 2 heterocycles. The molecule has 24 heavy (non-hydrogen) atoms. The van der Waals surface area contributed by atoms with Crippen molar-refractivity contribution in [1.82, 2.24) is 9.38 Å². The molecule has 7 nitrogen and oxygen atoms in total. The minimum atomic E-state index is -4.35. The van der Waals surface area contributed by atoms with Gasteiger partial charge in [-0.25, -0.2) is 0 Å². The number of nitrogens with zero attached hydrogens (tertiary/aromatic N) is 3. The third kappa shape index (κ3) is 3.18. The number of thiazole rings is 1. The van der Waals surface area contributed by atoms with Gasteiger partial charge in [0.05, 0.1) is 11.5 Å². The first-order valence-corrected chi connectivity index (χ1v) is 8.20. The topological polar surface area (TPSA) is 92.7 Å². The summed E-state index contributed by atoms with van der Waals surface area (Å²) in [7, 11) is 0. The number of imidazole rings is 1. The fourth-order valence-electron chi connectivity index (χ4n) is 3.10. The Hall–Kier alpha value is -1.88. The van der Waals surface area contributed by atoms with E-state index < -0.39 is 29.0 Å². The quantitative estimate of drug-likeness (QED) is 0.642. The Morgan fingerprint density at radius 2 is 2.33 bits per heavy atom. The number of aliphatic hydroxyl groups is 1. The van der Waals surface area contributed by atoms with Crippen LogP contribution < -0.4 is 5.32 Å². The average molecular weight is 364 g/mol. The lowest BCUT2D eigenvalue weighted by Crippen LogP contribution is -2.45. The molecule has 11 heteroatoms. The molecule has 0 saturated heterocycles. The highest BCUT2D eigenvalue weighted by Crippen LogP contribution is 2.42. The first kappa shape index (κ1) is 17.0. The van der Waals surface area contributed by atoms with Crippen molar-refractivity contribution in [1.29, 1.82) is 0 Å². The van der Waals surface area contributed by atoms with Crippen LogP contribution >= 0.6 is 11.3 Å². The number of nitro groups is 1. The summed E-state index contributed by atoms with van der Waals surface area (Å²) in [6.45, 7) is -0.217. The number of fused-ring (bicyclic) bond motifs is 1. The number of aromatic nitrogens is 2. The van der Waals surface area contributed by atoms with Crippen molar-refractivity contribution in [3.63, 3.8) is 0 Å². The molecule has 0 spiro atoms. The minimum absolute atomic E-state index is 0.00777. The molecule has 2 unspecified atom stereocenters. The molecule has 2 atom stereocenters. The highest BCUT2D eigenvalue weighted by atomic mass is 32.1. The van der Waals surface area contributed by atoms with Gasteiger partial charge in [0.25, 0.3) is 4.96 Å². The van der Waals surface area contributed by atoms with Gasteiger partial charge >= 0.3 is 12.0 Å². The van der Waals surface area contributed by atoms with Crippen LogP contribution in [0.2, 0.25) is 0 Å². The molecule has 0 aromatic carbocycles. The van der Waals surface area contributed by atoms with Gasteiger partial charge in [-0.2, -0.15) is 22.6 Å². The third-order valence-corrected chi connectivity index (χ3v) is 5.04. The first-order chi connectivity index (χ1) is 11.2. The number of anilines is 1. The number of hydrogen-bond donors (Lipinski definition) is 2. The van der Waals surface area contributed by atoms with E-state index in [0.717, 1.165) is 0 Å². The predicted molar refractivity (Wildman–Crippen MR) is 81.2 cm³/mol. The summed E-state index contributed by atoms with van der Waals surface area (Å²) in [5, 5.41) is 26.0. The normalized spacial score (nSPS) is 25.1. The van der Waals surface area contributed by atoms with Crippen molar-refractivity contribution in [3.8, 4) is 0 Å². The molecule has 0 bridgehead atoms. The number of hydrogen-bond acceptors (Lipinski definition) is 6. The van der Waals surface area contributed by atoms with E-state index in [1.807, 2.05) is 0 Å². The van der Waals surface area contributed by atoms with E-state index in [1.54, 1.807) is 5.38 Å². The summed E-state index contributed by atoms with van der Waals surface area (Å²) in [4.78, 5) is 15.1. The van der Waals surface area contributed by atoms with Gasteiger partial charge in [0.15, 0.2) is 0 Å². The molecule has 2 aromatic heterocycles. The van der Waals surface area contributed by atoms with Crippen LogP contribution in [0.5, 0.6) is 0 Å². The maximum atomic E-state index is 12.9. The van der Waals surface area contributed by atoms with Gasteiger partial charge in [0.2, 0.25) is 5.82 Å². The largest absolute Gasteiger partial charge is 0.391 e. The monoisotopic (exact) mass is 364 g/mol. The van der Waals surface area contributed by atoms with Crippen molar-refractivity contribution in [2.75, 3.05) is 11.9 Å². The summed E-state index contributed by atoms with van der Waals surface area (Å²) < 4.78 is 39.9. The standard InChI is InChI=1S/C13H15F3N4O3S/c14-13(15,16)8-2-1-3-12(21,6-8)7-17-9-10(20(22)23)19-4-5-24-11(19)18-9/h4-5,8,17,21H,1-3,6-7H2. The van der Waals surface area contributed by atoms with E-state index in [2.05, 4.69) is 10.3 Å². The van der Waals surface area contributed by atoms with Crippen molar-refractivity contribution >= 4 is 27.9 Å². The van der Waals surface area contributed by atoms with Gasteiger partial charge in [0, 0.05) is 11.9 Å². The second-order valence-electron chi connectivity index (χ2n) is 6.01. The van der Waals surface area contributed by atoms with Crippen molar-refractivity contribution in [2.24, 2.45) is 5.92 Å². The zero-order valence-corrected chi connectivity index (χ0v) is 13.2. The van der Waals surface area contributed by atoms with Crippen molar-refractivity contribution in [3.05, 3.63) is 21.7 Å². The number of alkyl halides is 3.